The maximum atomic E-state index is 13.3. The van der Waals surface area contributed by atoms with E-state index >= 15 is 0 Å². The standard InChI is InChI=1S/C18H16FN5O3/c19-12-5-6-15(16(11-12)24(26)27)22-7-9-23(10-8-22)18(25)17-13-3-1-2-4-14(13)20-21-17/h1-6,11H,7-10H2,(H,20,21). The van der Waals surface area contributed by atoms with Crippen LogP contribution in [0.25, 0.3) is 10.9 Å². The summed E-state index contributed by atoms with van der Waals surface area (Å²) in [5, 5.41) is 19.0. The Morgan fingerprint density at radius 2 is 1.89 bits per heavy atom. The number of piperazine rings is 1. The summed E-state index contributed by atoms with van der Waals surface area (Å²) in [5.74, 6) is -0.828. The van der Waals surface area contributed by atoms with Crippen molar-refractivity contribution in [3.05, 3.63) is 64.1 Å². The van der Waals surface area contributed by atoms with Gasteiger partial charge in [0.1, 0.15) is 11.5 Å². The second kappa shape index (κ2) is 6.67. The third kappa shape index (κ3) is 3.07. The number of carbonyl (C=O) groups is 1. The molecule has 0 spiro atoms. The Hall–Kier alpha value is -3.49. The number of aromatic nitrogens is 2. The Labute approximate surface area is 153 Å². The minimum absolute atomic E-state index is 0.180. The average molecular weight is 369 g/mol. The molecule has 3 aromatic rings. The molecule has 0 saturated carbocycles. The van der Waals surface area contributed by atoms with Gasteiger partial charge in [0.2, 0.25) is 0 Å². The normalized spacial score (nSPS) is 14.6. The predicted octanol–water partition coefficient (Wildman–Crippen LogP) is 2.57. The van der Waals surface area contributed by atoms with Crippen molar-refractivity contribution in [3.63, 3.8) is 0 Å². The Morgan fingerprint density at radius 3 is 2.63 bits per heavy atom. The van der Waals surface area contributed by atoms with Gasteiger partial charge in [-0.2, -0.15) is 5.10 Å². The summed E-state index contributed by atoms with van der Waals surface area (Å²) >= 11 is 0. The van der Waals surface area contributed by atoms with E-state index in [1.165, 1.54) is 12.1 Å². The summed E-state index contributed by atoms with van der Waals surface area (Å²) in [7, 11) is 0. The van der Waals surface area contributed by atoms with Gasteiger partial charge < -0.3 is 9.80 Å². The first kappa shape index (κ1) is 17.0. The number of nitro benzene ring substituents is 1. The molecule has 27 heavy (non-hydrogen) atoms. The van der Waals surface area contributed by atoms with Gasteiger partial charge in [-0.25, -0.2) is 4.39 Å². The molecule has 0 radical (unpaired) electrons. The molecule has 1 aliphatic heterocycles. The molecule has 2 aromatic carbocycles. The van der Waals surface area contributed by atoms with Crippen LogP contribution in [0.3, 0.4) is 0 Å². The first-order valence-electron chi connectivity index (χ1n) is 8.46. The SMILES string of the molecule is O=C(c1n[nH]c2ccccc12)N1CCN(c2ccc(F)cc2[N+](=O)[O-])CC1. The minimum atomic E-state index is -0.648. The lowest BCUT2D eigenvalue weighted by atomic mass is 10.1. The molecule has 0 atom stereocenters. The number of rotatable bonds is 3. The van der Waals surface area contributed by atoms with Gasteiger partial charge in [-0.3, -0.25) is 20.0 Å². The van der Waals surface area contributed by atoms with Crippen molar-refractivity contribution < 1.29 is 14.1 Å². The molecule has 2 heterocycles. The number of hydrogen-bond donors (Lipinski definition) is 1. The molecule has 1 aromatic heterocycles. The lowest BCUT2D eigenvalue weighted by molar-refractivity contribution is -0.384. The molecule has 0 unspecified atom stereocenters. The Balaban J connectivity index is 1.51. The number of fused-ring (bicyclic) bond motifs is 1. The highest BCUT2D eigenvalue weighted by molar-refractivity contribution is 6.04. The average Bonchev–Trinajstić information content (AvgIpc) is 3.11. The second-order valence-corrected chi connectivity index (χ2v) is 6.29. The number of nitrogens with zero attached hydrogens (tertiary/aromatic N) is 4. The third-order valence-corrected chi connectivity index (χ3v) is 4.71. The number of nitrogens with one attached hydrogen (secondary N) is 1. The molecule has 1 aliphatic rings. The fourth-order valence-electron chi connectivity index (χ4n) is 3.34. The first-order valence-corrected chi connectivity index (χ1v) is 8.46. The maximum Gasteiger partial charge on any atom is 0.295 e. The van der Waals surface area contributed by atoms with Gasteiger partial charge in [-0.15, -0.1) is 0 Å². The summed E-state index contributed by atoms with van der Waals surface area (Å²) in [5.41, 5.74) is 1.25. The summed E-state index contributed by atoms with van der Waals surface area (Å²) in [6.07, 6.45) is 0. The van der Waals surface area contributed by atoms with Crippen LogP contribution in [-0.4, -0.2) is 52.1 Å². The fourth-order valence-corrected chi connectivity index (χ4v) is 3.34. The van der Waals surface area contributed by atoms with Gasteiger partial charge >= 0.3 is 0 Å². The van der Waals surface area contributed by atoms with E-state index in [1.807, 2.05) is 24.3 Å². The van der Waals surface area contributed by atoms with Crippen LogP contribution in [0.4, 0.5) is 15.8 Å². The van der Waals surface area contributed by atoms with E-state index in [-0.39, 0.29) is 11.6 Å². The van der Waals surface area contributed by atoms with Gasteiger partial charge in [0.05, 0.1) is 16.5 Å². The van der Waals surface area contributed by atoms with E-state index in [2.05, 4.69) is 10.2 Å². The minimum Gasteiger partial charge on any atom is -0.362 e. The molecule has 0 bridgehead atoms. The predicted molar refractivity (Wildman–Crippen MR) is 97.3 cm³/mol. The van der Waals surface area contributed by atoms with E-state index in [1.54, 1.807) is 9.80 Å². The molecule has 9 heteroatoms. The molecule has 1 saturated heterocycles. The highest BCUT2D eigenvalue weighted by Gasteiger charge is 2.28. The zero-order valence-corrected chi connectivity index (χ0v) is 14.3. The lowest BCUT2D eigenvalue weighted by Crippen LogP contribution is -2.49. The van der Waals surface area contributed by atoms with Crippen molar-refractivity contribution in [2.75, 3.05) is 31.1 Å². The van der Waals surface area contributed by atoms with Crippen LogP contribution < -0.4 is 4.90 Å². The molecule has 1 N–H and O–H groups in total. The number of benzene rings is 2. The molecule has 8 nitrogen and oxygen atoms in total. The third-order valence-electron chi connectivity index (χ3n) is 4.71. The van der Waals surface area contributed by atoms with E-state index in [0.717, 1.165) is 17.0 Å². The van der Waals surface area contributed by atoms with Gasteiger partial charge in [0.25, 0.3) is 11.6 Å². The van der Waals surface area contributed by atoms with E-state index < -0.39 is 10.7 Å². The second-order valence-electron chi connectivity index (χ2n) is 6.29. The number of amides is 1. The van der Waals surface area contributed by atoms with Crippen molar-refractivity contribution in [3.8, 4) is 0 Å². The zero-order valence-electron chi connectivity index (χ0n) is 14.3. The molecule has 1 fully saturated rings. The van der Waals surface area contributed by atoms with E-state index in [0.29, 0.717) is 37.6 Å². The highest BCUT2D eigenvalue weighted by atomic mass is 19.1. The van der Waals surface area contributed by atoms with Crippen LogP contribution in [0, 0.1) is 15.9 Å². The summed E-state index contributed by atoms with van der Waals surface area (Å²) in [6, 6.07) is 10.9. The highest BCUT2D eigenvalue weighted by Crippen LogP contribution is 2.30. The zero-order chi connectivity index (χ0) is 19.0. The molecule has 1 amide bonds. The number of para-hydroxylation sites is 1. The summed E-state index contributed by atoms with van der Waals surface area (Å²) in [6.45, 7) is 1.63. The quantitative estimate of drug-likeness (QED) is 0.565. The Bertz CT molecular complexity index is 1030. The molecular formula is C18H16FN5O3. The van der Waals surface area contributed by atoms with Crippen molar-refractivity contribution in [1.82, 2.24) is 15.1 Å². The Morgan fingerprint density at radius 1 is 1.15 bits per heavy atom. The topological polar surface area (TPSA) is 95.4 Å². The van der Waals surface area contributed by atoms with Crippen LogP contribution in [0.2, 0.25) is 0 Å². The first-order chi connectivity index (χ1) is 13.0. The largest absolute Gasteiger partial charge is 0.362 e. The monoisotopic (exact) mass is 369 g/mol. The van der Waals surface area contributed by atoms with Gasteiger partial charge in [0.15, 0.2) is 5.69 Å². The summed E-state index contributed by atoms with van der Waals surface area (Å²) in [4.78, 5) is 26.9. The van der Waals surface area contributed by atoms with Crippen LogP contribution >= 0.6 is 0 Å². The number of halogens is 1. The molecule has 4 rings (SSSR count). The van der Waals surface area contributed by atoms with Crippen LogP contribution in [0.5, 0.6) is 0 Å². The van der Waals surface area contributed by atoms with Crippen molar-refractivity contribution in [2.45, 2.75) is 0 Å². The number of nitro groups is 1. The van der Waals surface area contributed by atoms with Gasteiger partial charge in [-0.1, -0.05) is 18.2 Å². The lowest BCUT2D eigenvalue weighted by Gasteiger charge is -2.35. The van der Waals surface area contributed by atoms with Gasteiger partial charge in [-0.05, 0) is 18.2 Å². The van der Waals surface area contributed by atoms with Crippen molar-refractivity contribution in [1.29, 1.82) is 0 Å². The molecular weight excluding hydrogens is 353 g/mol. The number of anilines is 1. The number of aromatic amines is 1. The van der Waals surface area contributed by atoms with Crippen LogP contribution in [0.15, 0.2) is 42.5 Å². The van der Waals surface area contributed by atoms with Crippen LogP contribution in [0.1, 0.15) is 10.5 Å². The van der Waals surface area contributed by atoms with Crippen molar-refractivity contribution >= 4 is 28.2 Å². The number of carbonyl (C=O) groups excluding carboxylic acids is 1. The number of hydrogen-bond acceptors (Lipinski definition) is 5. The van der Waals surface area contributed by atoms with Crippen LogP contribution in [-0.2, 0) is 0 Å². The Kier molecular flexibility index (Phi) is 4.19. The maximum absolute atomic E-state index is 13.3. The molecule has 138 valence electrons. The van der Waals surface area contributed by atoms with E-state index in [4.69, 9.17) is 0 Å². The van der Waals surface area contributed by atoms with E-state index in [9.17, 15) is 19.3 Å². The van der Waals surface area contributed by atoms with Crippen molar-refractivity contribution in [2.24, 2.45) is 0 Å². The smallest absolute Gasteiger partial charge is 0.295 e. The van der Waals surface area contributed by atoms with Gasteiger partial charge in [0, 0.05) is 31.6 Å². The fraction of sp³-hybridized carbons (Fsp3) is 0.222. The number of H-pyrrole nitrogens is 1. The molecule has 0 aliphatic carbocycles. The summed E-state index contributed by atoms with van der Waals surface area (Å²) < 4.78 is 13.3.